The number of benzene rings is 2. The number of hydrogen-bond acceptors (Lipinski definition) is 5. The number of hydrogen-bond donors (Lipinski definition) is 0. The van der Waals surface area contributed by atoms with Gasteiger partial charge in [-0.15, -0.1) is 0 Å². The van der Waals surface area contributed by atoms with Crippen LogP contribution < -0.4 is 0 Å². The molecule has 0 unspecified atom stereocenters. The van der Waals surface area contributed by atoms with Crippen molar-refractivity contribution in [2.75, 3.05) is 0 Å². The van der Waals surface area contributed by atoms with Gasteiger partial charge in [0, 0.05) is 12.6 Å². The third kappa shape index (κ3) is 3.19. The highest BCUT2D eigenvalue weighted by Crippen LogP contribution is 2.38. The van der Waals surface area contributed by atoms with Gasteiger partial charge in [-0.1, -0.05) is 36.4 Å². The van der Waals surface area contributed by atoms with E-state index >= 15 is 0 Å². The molecular weight excluding hydrogens is 354 g/mol. The summed E-state index contributed by atoms with van der Waals surface area (Å²) in [4.78, 5) is 0.252. The molecule has 0 saturated heterocycles. The van der Waals surface area contributed by atoms with Crippen molar-refractivity contribution in [3.63, 3.8) is 0 Å². The first-order valence-corrected chi connectivity index (χ1v) is 10.5. The van der Waals surface area contributed by atoms with Crippen LogP contribution in [-0.2, 0) is 16.6 Å². The second kappa shape index (κ2) is 6.48. The Morgan fingerprint density at radius 3 is 2.60 bits per heavy atom. The van der Waals surface area contributed by atoms with E-state index in [4.69, 9.17) is 0 Å². The van der Waals surface area contributed by atoms with Gasteiger partial charge in [-0.05, 0) is 43.4 Å². The molecule has 1 aromatic heterocycles. The Balaban J connectivity index is 1.78. The van der Waals surface area contributed by atoms with Gasteiger partial charge in [0.05, 0.1) is 11.7 Å². The lowest BCUT2D eigenvalue weighted by Crippen LogP contribution is -2.39. The van der Waals surface area contributed by atoms with Gasteiger partial charge in [-0.2, -0.15) is 13.1 Å². The van der Waals surface area contributed by atoms with Crippen molar-refractivity contribution in [2.24, 2.45) is 5.92 Å². The van der Waals surface area contributed by atoms with Gasteiger partial charge in [-0.25, -0.2) is 8.42 Å². The van der Waals surface area contributed by atoms with Crippen LogP contribution in [-0.4, -0.2) is 27.5 Å². The van der Waals surface area contributed by atoms with E-state index in [0.29, 0.717) is 23.5 Å². The second-order valence-electron chi connectivity index (χ2n) is 6.50. The summed E-state index contributed by atoms with van der Waals surface area (Å²) >= 11 is 1.04. The first-order chi connectivity index (χ1) is 12.1. The zero-order valence-corrected chi connectivity index (χ0v) is 15.5. The molecule has 1 heterocycles. The molecule has 1 aliphatic rings. The molecule has 7 heteroatoms. The molecule has 0 spiro atoms. The molecule has 1 saturated carbocycles. The molecule has 1 aliphatic carbocycles. The molecule has 0 radical (unpaired) electrons. The minimum absolute atomic E-state index is 0.0351. The van der Waals surface area contributed by atoms with Crippen LogP contribution in [0, 0.1) is 5.92 Å². The van der Waals surface area contributed by atoms with Gasteiger partial charge >= 0.3 is 0 Å². The quantitative estimate of drug-likeness (QED) is 0.661. The smallest absolute Gasteiger partial charge is 0.207 e. The normalized spacial score (nSPS) is 16.4. The molecule has 2 aromatic carbocycles. The average molecular weight is 374 g/mol. The van der Waals surface area contributed by atoms with E-state index in [1.807, 2.05) is 37.3 Å². The van der Waals surface area contributed by atoms with E-state index in [1.165, 1.54) is 0 Å². The maximum absolute atomic E-state index is 13.5. The fourth-order valence-corrected chi connectivity index (χ4v) is 5.57. The van der Waals surface area contributed by atoms with E-state index in [0.717, 1.165) is 30.1 Å². The van der Waals surface area contributed by atoms with E-state index in [1.54, 1.807) is 22.5 Å². The van der Waals surface area contributed by atoms with Crippen LogP contribution in [0.3, 0.4) is 0 Å². The predicted octanol–water partition coefficient (Wildman–Crippen LogP) is 3.68. The standard InChI is InChI=1S/C18H19N3O2S2/c1-13(15-10-11-15)21(12-14-6-3-2-4-7-14)25(22,23)17-9-5-8-16-18(17)20-24-19-16/h2-9,13,15H,10-12H2,1H3/t13-/m1/s1. The van der Waals surface area contributed by atoms with Crippen LogP contribution in [0.2, 0.25) is 0 Å². The van der Waals surface area contributed by atoms with Crippen molar-refractivity contribution in [3.05, 3.63) is 54.1 Å². The zero-order chi connectivity index (χ0) is 17.4. The SMILES string of the molecule is C[C@H](C1CC1)N(Cc1ccccc1)S(=O)(=O)c1cccc2nsnc12. The summed E-state index contributed by atoms with van der Waals surface area (Å²) in [5.41, 5.74) is 2.08. The lowest BCUT2D eigenvalue weighted by molar-refractivity contribution is 0.303. The van der Waals surface area contributed by atoms with Crippen molar-refractivity contribution in [1.29, 1.82) is 0 Å². The van der Waals surface area contributed by atoms with Crippen LogP contribution >= 0.6 is 11.7 Å². The van der Waals surface area contributed by atoms with Crippen molar-refractivity contribution in [1.82, 2.24) is 13.1 Å². The maximum atomic E-state index is 13.5. The van der Waals surface area contributed by atoms with Gasteiger partial charge in [0.25, 0.3) is 0 Å². The summed E-state index contributed by atoms with van der Waals surface area (Å²) in [6.45, 7) is 2.38. The molecule has 25 heavy (non-hydrogen) atoms. The number of nitrogens with zero attached hydrogens (tertiary/aromatic N) is 3. The van der Waals surface area contributed by atoms with E-state index in [-0.39, 0.29) is 10.9 Å². The molecule has 1 atom stereocenters. The fraction of sp³-hybridized carbons (Fsp3) is 0.333. The summed E-state index contributed by atoms with van der Waals surface area (Å²) in [6.07, 6.45) is 2.18. The highest BCUT2D eigenvalue weighted by atomic mass is 32.2. The summed E-state index contributed by atoms with van der Waals surface area (Å²) in [7, 11) is -3.66. The third-order valence-corrected chi connectivity index (χ3v) is 7.28. The Bertz CT molecular complexity index is 982. The topological polar surface area (TPSA) is 63.2 Å². The Kier molecular flexibility index (Phi) is 4.31. The highest BCUT2D eigenvalue weighted by Gasteiger charge is 2.39. The second-order valence-corrected chi connectivity index (χ2v) is 8.89. The van der Waals surface area contributed by atoms with Gasteiger partial charge < -0.3 is 0 Å². The van der Waals surface area contributed by atoms with Crippen LogP contribution in [0.4, 0.5) is 0 Å². The van der Waals surface area contributed by atoms with Crippen LogP contribution in [0.5, 0.6) is 0 Å². The fourth-order valence-electron chi connectivity index (χ4n) is 3.14. The number of fused-ring (bicyclic) bond motifs is 1. The van der Waals surface area contributed by atoms with E-state index < -0.39 is 10.0 Å². The summed E-state index contributed by atoms with van der Waals surface area (Å²) < 4.78 is 37.0. The number of rotatable bonds is 6. The molecule has 0 amide bonds. The van der Waals surface area contributed by atoms with E-state index in [9.17, 15) is 8.42 Å². The molecule has 130 valence electrons. The van der Waals surface area contributed by atoms with Crippen LogP contribution in [0.15, 0.2) is 53.4 Å². The van der Waals surface area contributed by atoms with Crippen LogP contribution in [0.25, 0.3) is 11.0 Å². The molecule has 0 N–H and O–H groups in total. The van der Waals surface area contributed by atoms with Gasteiger partial charge in [0.2, 0.25) is 10.0 Å². The van der Waals surface area contributed by atoms with Gasteiger partial charge in [0.15, 0.2) is 0 Å². The van der Waals surface area contributed by atoms with Gasteiger partial charge in [-0.3, -0.25) is 0 Å². The summed E-state index contributed by atoms with van der Waals surface area (Å²) in [5.74, 6) is 0.436. The summed E-state index contributed by atoms with van der Waals surface area (Å²) in [5, 5.41) is 0. The molecule has 0 bridgehead atoms. The first-order valence-electron chi connectivity index (χ1n) is 8.34. The van der Waals surface area contributed by atoms with Crippen molar-refractivity contribution >= 4 is 32.8 Å². The third-order valence-electron chi connectivity index (χ3n) is 4.78. The highest BCUT2D eigenvalue weighted by molar-refractivity contribution is 7.89. The number of sulfonamides is 1. The molecule has 4 rings (SSSR count). The lowest BCUT2D eigenvalue weighted by atomic mass is 10.2. The first kappa shape index (κ1) is 16.6. The van der Waals surface area contributed by atoms with Gasteiger partial charge in [0.1, 0.15) is 15.9 Å². The maximum Gasteiger partial charge on any atom is 0.245 e. The van der Waals surface area contributed by atoms with Crippen molar-refractivity contribution < 1.29 is 8.42 Å². The molecule has 5 nitrogen and oxygen atoms in total. The minimum atomic E-state index is -3.66. The zero-order valence-electron chi connectivity index (χ0n) is 13.9. The Hall–Kier alpha value is -1.83. The number of aromatic nitrogens is 2. The monoisotopic (exact) mass is 373 g/mol. The Morgan fingerprint density at radius 1 is 1.12 bits per heavy atom. The average Bonchev–Trinajstić information content (AvgIpc) is 3.36. The predicted molar refractivity (Wildman–Crippen MR) is 98.8 cm³/mol. The van der Waals surface area contributed by atoms with Crippen molar-refractivity contribution in [3.8, 4) is 0 Å². The largest absolute Gasteiger partial charge is 0.245 e. The molecule has 0 aliphatic heterocycles. The molecule has 1 fully saturated rings. The van der Waals surface area contributed by atoms with Crippen LogP contribution in [0.1, 0.15) is 25.3 Å². The Labute approximate surface area is 151 Å². The van der Waals surface area contributed by atoms with Crippen molar-refractivity contribution in [2.45, 2.75) is 37.2 Å². The van der Waals surface area contributed by atoms with E-state index in [2.05, 4.69) is 8.75 Å². The lowest BCUT2D eigenvalue weighted by Gasteiger charge is -2.28. The minimum Gasteiger partial charge on any atom is -0.207 e. The molecular formula is C18H19N3O2S2. The molecule has 3 aromatic rings. The Morgan fingerprint density at radius 2 is 1.88 bits per heavy atom. The summed E-state index contributed by atoms with van der Waals surface area (Å²) in [6, 6.07) is 14.9.